The second kappa shape index (κ2) is 6.77. The number of carbonyl (C=O) groups is 1. The Morgan fingerprint density at radius 2 is 1.86 bits per heavy atom. The molecule has 0 N–H and O–H groups in total. The number of aryl methyl sites for hydroxylation is 1. The Morgan fingerprint density at radius 1 is 1.23 bits per heavy atom. The van der Waals surface area contributed by atoms with Crippen molar-refractivity contribution in [1.29, 1.82) is 0 Å². The van der Waals surface area contributed by atoms with E-state index in [2.05, 4.69) is 0 Å². The second-order valence-corrected chi connectivity index (χ2v) is 5.35. The lowest BCUT2D eigenvalue weighted by molar-refractivity contribution is -0.385. The van der Waals surface area contributed by atoms with E-state index in [4.69, 9.17) is 27.9 Å². The maximum atomic E-state index is 12.0. The lowest BCUT2D eigenvalue weighted by Gasteiger charge is -2.08. The first-order valence-corrected chi connectivity index (χ1v) is 7.01. The van der Waals surface area contributed by atoms with Crippen LogP contribution in [0.3, 0.4) is 0 Å². The van der Waals surface area contributed by atoms with Crippen LogP contribution in [0.15, 0.2) is 36.4 Å². The quantitative estimate of drug-likeness (QED) is 0.464. The molecule has 0 spiro atoms. The summed E-state index contributed by atoms with van der Waals surface area (Å²) in [5, 5.41) is 11.6. The van der Waals surface area contributed by atoms with Crippen LogP contribution in [0.5, 0.6) is 0 Å². The van der Waals surface area contributed by atoms with Crippen molar-refractivity contribution in [2.75, 3.05) is 0 Å². The third-order valence-corrected chi connectivity index (χ3v) is 3.75. The highest BCUT2D eigenvalue weighted by molar-refractivity contribution is 6.35. The molecule has 0 aliphatic heterocycles. The largest absolute Gasteiger partial charge is 0.457 e. The van der Waals surface area contributed by atoms with Gasteiger partial charge in [-0.3, -0.25) is 10.1 Å². The van der Waals surface area contributed by atoms with Crippen molar-refractivity contribution in [3.8, 4) is 0 Å². The number of nitro groups is 1. The van der Waals surface area contributed by atoms with E-state index in [9.17, 15) is 14.9 Å². The average Bonchev–Trinajstić information content (AvgIpc) is 2.46. The molecule has 0 unspecified atom stereocenters. The first-order chi connectivity index (χ1) is 10.4. The number of esters is 1. The highest BCUT2D eigenvalue weighted by Crippen LogP contribution is 2.25. The number of hydrogen-bond acceptors (Lipinski definition) is 4. The zero-order chi connectivity index (χ0) is 16.3. The van der Waals surface area contributed by atoms with Crippen LogP contribution in [-0.2, 0) is 11.3 Å². The van der Waals surface area contributed by atoms with Crippen LogP contribution in [-0.4, -0.2) is 10.9 Å². The molecule has 7 heteroatoms. The van der Waals surface area contributed by atoms with Gasteiger partial charge in [0.25, 0.3) is 5.69 Å². The summed E-state index contributed by atoms with van der Waals surface area (Å²) in [5.74, 6) is -0.603. The van der Waals surface area contributed by atoms with Crippen LogP contribution < -0.4 is 0 Å². The van der Waals surface area contributed by atoms with Gasteiger partial charge in [0.05, 0.1) is 10.5 Å². The Bertz CT molecular complexity index is 726. The lowest BCUT2D eigenvalue weighted by Crippen LogP contribution is -2.06. The summed E-state index contributed by atoms with van der Waals surface area (Å²) in [6, 6.07) is 9.01. The second-order valence-electron chi connectivity index (χ2n) is 4.53. The van der Waals surface area contributed by atoms with Gasteiger partial charge in [0, 0.05) is 27.2 Å². The number of benzene rings is 2. The van der Waals surface area contributed by atoms with Crippen molar-refractivity contribution in [1.82, 2.24) is 0 Å². The summed E-state index contributed by atoms with van der Waals surface area (Å²) in [4.78, 5) is 22.2. The van der Waals surface area contributed by atoms with Crippen LogP contribution in [0.25, 0.3) is 0 Å². The molecule has 2 aromatic carbocycles. The van der Waals surface area contributed by atoms with Crippen molar-refractivity contribution in [3.63, 3.8) is 0 Å². The van der Waals surface area contributed by atoms with Crippen LogP contribution in [0.2, 0.25) is 10.0 Å². The molecule has 0 amide bonds. The summed E-state index contributed by atoms with van der Waals surface area (Å²) in [5.41, 5.74) is 1.07. The number of hydrogen-bond donors (Lipinski definition) is 0. The monoisotopic (exact) mass is 339 g/mol. The molecule has 2 aromatic rings. The third kappa shape index (κ3) is 3.55. The molecule has 0 atom stereocenters. The minimum absolute atomic E-state index is 0.0503. The number of ether oxygens (including phenoxy) is 1. The van der Waals surface area contributed by atoms with Crippen molar-refractivity contribution in [2.45, 2.75) is 13.5 Å². The normalized spacial score (nSPS) is 10.3. The molecule has 0 radical (unpaired) electrons. The molecular formula is C15H11Cl2NO4. The van der Waals surface area contributed by atoms with E-state index in [1.807, 2.05) is 0 Å². The predicted octanol–water partition coefficient (Wildman–Crippen LogP) is 4.57. The predicted molar refractivity (Wildman–Crippen MR) is 83.4 cm³/mol. The average molecular weight is 340 g/mol. The van der Waals surface area contributed by atoms with Crippen molar-refractivity contribution in [2.24, 2.45) is 0 Å². The summed E-state index contributed by atoms with van der Waals surface area (Å²) >= 11 is 12.0. The van der Waals surface area contributed by atoms with Crippen molar-refractivity contribution < 1.29 is 14.5 Å². The van der Waals surface area contributed by atoms with Crippen LogP contribution in [0, 0.1) is 17.0 Å². The van der Waals surface area contributed by atoms with E-state index >= 15 is 0 Å². The molecule has 0 saturated heterocycles. The lowest BCUT2D eigenvalue weighted by atomic mass is 10.1. The molecular weight excluding hydrogens is 329 g/mol. The third-order valence-electron chi connectivity index (χ3n) is 3.04. The fourth-order valence-electron chi connectivity index (χ4n) is 1.88. The number of halogens is 2. The van der Waals surface area contributed by atoms with E-state index in [0.29, 0.717) is 21.2 Å². The highest BCUT2D eigenvalue weighted by Gasteiger charge is 2.15. The fourth-order valence-corrected chi connectivity index (χ4v) is 2.39. The molecule has 0 aliphatic carbocycles. The van der Waals surface area contributed by atoms with Gasteiger partial charge in [0.1, 0.15) is 6.61 Å². The minimum atomic E-state index is -0.603. The minimum Gasteiger partial charge on any atom is -0.457 e. The van der Waals surface area contributed by atoms with Gasteiger partial charge in [-0.1, -0.05) is 29.3 Å². The maximum Gasteiger partial charge on any atom is 0.338 e. The van der Waals surface area contributed by atoms with Gasteiger partial charge in [0.2, 0.25) is 0 Å². The molecule has 5 nitrogen and oxygen atoms in total. The topological polar surface area (TPSA) is 69.4 Å². The van der Waals surface area contributed by atoms with Gasteiger partial charge in [-0.05, 0) is 31.2 Å². The number of nitrogens with zero attached hydrogens (tertiary/aromatic N) is 1. The number of nitro benzene ring substituents is 1. The van der Waals surface area contributed by atoms with E-state index in [0.717, 1.165) is 0 Å². The summed E-state index contributed by atoms with van der Waals surface area (Å²) in [7, 11) is 0. The van der Waals surface area contributed by atoms with Gasteiger partial charge in [0.15, 0.2) is 0 Å². The Kier molecular flexibility index (Phi) is 5.00. The Labute approximate surface area is 136 Å². The van der Waals surface area contributed by atoms with Gasteiger partial charge in [-0.25, -0.2) is 4.79 Å². The molecule has 0 aliphatic rings. The highest BCUT2D eigenvalue weighted by atomic mass is 35.5. The molecule has 0 bridgehead atoms. The maximum absolute atomic E-state index is 12.0. The molecule has 0 saturated carbocycles. The van der Waals surface area contributed by atoms with Gasteiger partial charge >= 0.3 is 5.97 Å². The fraction of sp³-hybridized carbons (Fsp3) is 0.133. The summed E-state index contributed by atoms with van der Waals surface area (Å²) < 4.78 is 5.15. The van der Waals surface area contributed by atoms with Gasteiger partial charge < -0.3 is 4.74 Å². The molecule has 0 heterocycles. The van der Waals surface area contributed by atoms with Crippen molar-refractivity contribution >= 4 is 34.9 Å². The number of rotatable bonds is 4. The van der Waals surface area contributed by atoms with E-state index < -0.39 is 10.9 Å². The summed E-state index contributed by atoms with van der Waals surface area (Å²) in [6.07, 6.45) is 0. The van der Waals surface area contributed by atoms with E-state index in [-0.39, 0.29) is 17.9 Å². The van der Waals surface area contributed by atoms with E-state index in [1.54, 1.807) is 25.1 Å². The zero-order valence-electron chi connectivity index (χ0n) is 11.5. The Hall–Kier alpha value is -2.11. The molecule has 2 rings (SSSR count). The SMILES string of the molecule is Cc1cc(C(=O)OCc2c(Cl)cccc2Cl)ccc1[N+](=O)[O-]. The first-order valence-electron chi connectivity index (χ1n) is 6.25. The molecule has 0 fully saturated rings. The molecule has 114 valence electrons. The van der Waals surface area contributed by atoms with Crippen molar-refractivity contribution in [3.05, 3.63) is 73.2 Å². The summed E-state index contributed by atoms with van der Waals surface area (Å²) in [6.45, 7) is 1.48. The smallest absolute Gasteiger partial charge is 0.338 e. The molecule has 22 heavy (non-hydrogen) atoms. The van der Waals surface area contributed by atoms with Gasteiger partial charge in [-0.15, -0.1) is 0 Å². The van der Waals surface area contributed by atoms with Crippen LogP contribution in [0.4, 0.5) is 5.69 Å². The van der Waals surface area contributed by atoms with E-state index in [1.165, 1.54) is 18.2 Å². The molecule has 0 aromatic heterocycles. The van der Waals surface area contributed by atoms with Gasteiger partial charge in [-0.2, -0.15) is 0 Å². The van der Waals surface area contributed by atoms with Crippen LogP contribution in [0.1, 0.15) is 21.5 Å². The zero-order valence-corrected chi connectivity index (χ0v) is 13.0. The Balaban J connectivity index is 2.13. The Morgan fingerprint density at radius 3 is 2.41 bits per heavy atom. The number of carbonyl (C=O) groups excluding carboxylic acids is 1. The van der Waals surface area contributed by atoms with Crippen LogP contribution >= 0.6 is 23.2 Å². The standard InChI is InChI=1S/C15H11Cl2NO4/c1-9-7-10(5-6-14(9)18(20)21)15(19)22-8-11-12(16)3-2-4-13(11)17/h2-7H,8H2,1H3. The first kappa shape index (κ1) is 16.3.